The van der Waals surface area contributed by atoms with E-state index in [1.165, 1.54) is 0 Å². The Morgan fingerprint density at radius 2 is 1.84 bits per heavy atom. The van der Waals surface area contributed by atoms with Gasteiger partial charge in [0.25, 0.3) is 0 Å². The van der Waals surface area contributed by atoms with Crippen LogP contribution in [-0.2, 0) is 0 Å². The van der Waals surface area contributed by atoms with E-state index in [0.29, 0.717) is 5.69 Å². The van der Waals surface area contributed by atoms with E-state index in [4.69, 9.17) is 10.2 Å². The molecule has 0 unspecified atom stereocenters. The third-order valence-electron chi connectivity index (χ3n) is 3.86. The number of fused-ring (bicyclic) bond motifs is 1. The van der Waals surface area contributed by atoms with Crippen molar-refractivity contribution in [3.8, 4) is 27.8 Å². The summed E-state index contributed by atoms with van der Waals surface area (Å²) in [4.78, 5) is 15.3. The van der Waals surface area contributed by atoms with Gasteiger partial charge in [-0.25, -0.2) is 15.0 Å². The molecule has 0 saturated carbocycles. The van der Waals surface area contributed by atoms with E-state index >= 15 is 0 Å². The van der Waals surface area contributed by atoms with Crippen molar-refractivity contribution in [2.45, 2.75) is 0 Å². The fourth-order valence-corrected chi connectivity index (χ4v) is 3.54. The normalized spacial score (nSPS) is 10.6. The number of nitrogens with one attached hydrogen (secondary N) is 1. The Bertz CT molecular complexity index is 1080. The Balaban J connectivity index is 1.72. The average molecular weight is 343 g/mol. The van der Waals surface area contributed by atoms with E-state index in [1.54, 1.807) is 23.6 Å². The van der Waals surface area contributed by atoms with Crippen LogP contribution < -0.4 is 5.32 Å². The largest absolute Gasteiger partial charge is 0.373 e. The van der Waals surface area contributed by atoms with Gasteiger partial charge in [0.1, 0.15) is 22.4 Å². The zero-order valence-electron chi connectivity index (χ0n) is 13.4. The Labute approximate surface area is 148 Å². The molecule has 0 spiro atoms. The summed E-state index contributed by atoms with van der Waals surface area (Å²) in [6.45, 7) is 0. The first-order chi connectivity index (χ1) is 12.3. The lowest BCUT2D eigenvalue weighted by molar-refractivity contribution is 1.27. The first kappa shape index (κ1) is 15.2. The molecule has 4 aromatic rings. The summed E-state index contributed by atoms with van der Waals surface area (Å²) in [5, 5.41) is 13.0. The molecule has 4 heterocycles. The van der Waals surface area contributed by atoms with Crippen LogP contribution in [0.3, 0.4) is 0 Å². The van der Waals surface area contributed by atoms with Crippen molar-refractivity contribution < 1.29 is 0 Å². The lowest BCUT2D eigenvalue weighted by atomic mass is 10.1. The first-order valence-corrected chi connectivity index (χ1v) is 8.50. The average Bonchev–Trinajstić information content (AvgIpc) is 3.11. The molecular weight excluding hydrogens is 330 g/mol. The minimum absolute atomic E-state index is 0.419. The number of nitriles is 1. The van der Waals surface area contributed by atoms with Gasteiger partial charge in [-0.2, -0.15) is 5.26 Å². The van der Waals surface area contributed by atoms with Gasteiger partial charge in [-0.3, -0.25) is 0 Å². The molecule has 0 saturated heterocycles. The molecule has 0 aliphatic carbocycles. The molecule has 0 atom stereocenters. The molecule has 0 aliphatic heterocycles. The maximum absolute atomic E-state index is 8.86. The molecule has 0 amide bonds. The lowest BCUT2D eigenvalue weighted by Gasteiger charge is -2.02. The smallest absolute Gasteiger partial charge is 0.140 e. The molecule has 0 aliphatic rings. The van der Waals surface area contributed by atoms with Gasteiger partial charge in [0.05, 0.1) is 5.69 Å². The summed E-state index contributed by atoms with van der Waals surface area (Å²) in [7, 11) is 1.84. The van der Waals surface area contributed by atoms with E-state index in [0.717, 1.165) is 37.7 Å². The zero-order valence-corrected chi connectivity index (χ0v) is 14.2. The van der Waals surface area contributed by atoms with Gasteiger partial charge >= 0.3 is 0 Å². The van der Waals surface area contributed by atoms with Crippen LogP contribution in [0.4, 0.5) is 5.82 Å². The van der Waals surface area contributed by atoms with Crippen LogP contribution in [0.1, 0.15) is 5.69 Å². The summed E-state index contributed by atoms with van der Waals surface area (Å²) in [6, 6.07) is 15.8. The van der Waals surface area contributed by atoms with E-state index in [9.17, 15) is 0 Å². The molecule has 6 heteroatoms. The van der Waals surface area contributed by atoms with Gasteiger partial charge in [0.15, 0.2) is 0 Å². The van der Waals surface area contributed by atoms with Crippen LogP contribution >= 0.6 is 11.3 Å². The second-order valence-electron chi connectivity index (χ2n) is 5.43. The minimum atomic E-state index is 0.419. The van der Waals surface area contributed by atoms with Crippen LogP contribution in [0.2, 0.25) is 0 Å². The summed E-state index contributed by atoms with van der Waals surface area (Å²) in [6.07, 6.45) is 3.55. The number of hydrogen-bond donors (Lipinski definition) is 1. The quantitative estimate of drug-likeness (QED) is 0.599. The predicted molar refractivity (Wildman–Crippen MR) is 100 cm³/mol. The van der Waals surface area contributed by atoms with E-state index in [1.807, 2.05) is 43.6 Å². The third-order valence-corrected chi connectivity index (χ3v) is 4.95. The van der Waals surface area contributed by atoms with Crippen LogP contribution in [-0.4, -0.2) is 22.0 Å². The SMILES string of the molecule is CNc1ccc(-c2ccc3cc(-c4ccc(C#N)nc4)sc3n2)cn1. The van der Waals surface area contributed by atoms with Crippen LogP contribution in [0.5, 0.6) is 0 Å². The van der Waals surface area contributed by atoms with Crippen molar-refractivity contribution >= 4 is 27.4 Å². The topological polar surface area (TPSA) is 74.5 Å². The maximum atomic E-state index is 8.86. The molecule has 0 fully saturated rings. The Morgan fingerprint density at radius 3 is 2.52 bits per heavy atom. The fraction of sp³-hybridized carbons (Fsp3) is 0.0526. The van der Waals surface area contributed by atoms with E-state index < -0.39 is 0 Å². The Kier molecular flexibility index (Phi) is 3.84. The van der Waals surface area contributed by atoms with Crippen molar-refractivity contribution in [3.05, 3.63) is 60.6 Å². The molecule has 0 aromatic carbocycles. The van der Waals surface area contributed by atoms with E-state index in [-0.39, 0.29) is 0 Å². The molecule has 0 bridgehead atoms. The van der Waals surface area contributed by atoms with Gasteiger partial charge in [-0.1, -0.05) is 0 Å². The number of thiophene rings is 1. The fourth-order valence-electron chi connectivity index (χ4n) is 2.52. The molecule has 25 heavy (non-hydrogen) atoms. The van der Waals surface area contributed by atoms with Gasteiger partial charge < -0.3 is 5.32 Å². The minimum Gasteiger partial charge on any atom is -0.373 e. The molecule has 5 nitrogen and oxygen atoms in total. The van der Waals surface area contributed by atoms with E-state index in [2.05, 4.69) is 27.4 Å². The molecule has 120 valence electrons. The predicted octanol–water partition coefficient (Wildman–Crippen LogP) is 4.33. The molecule has 4 aromatic heterocycles. The van der Waals surface area contributed by atoms with Crippen molar-refractivity contribution in [1.29, 1.82) is 5.26 Å². The second-order valence-corrected chi connectivity index (χ2v) is 6.46. The lowest BCUT2D eigenvalue weighted by Crippen LogP contribution is -1.91. The number of hydrogen-bond acceptors (Lipinski definition) is 6. The van der Waals surface area contributed by atoms with Crippen LogP contribution in [0.15, 0.2) is 54.9 Å². The Morgan fingerprint density at radius 1 is 1.00 bits per heavy atom. The maximum Gasteiger partial charge on any atom is 0.140 e. The number of pyridine rings is 3. The summed E-state index contributed by atoms with van der Waals surface area (Å²) < 4.78 is 0. The van der Waals surface area contributed by atoms with Gasteiger partial charge in [-0.05, 0) is 42.5 Å². The van der Waals surface area contributed by atoms with Crippen molar-refractivity contribution in [1.82, 2.24) is 15.0 Å². The number of nitrogens with zero attached hydrogens (tertiary/aromatic N) is 4. The molecular formula is C19H13N5S. The molecule has 4 rings (SSSR count). The van der Waals surface area contributed by atoms with Crippen LogP contribution in [0, 0.1) is 11.3 Å². The highest BCUT2D eigenvalue weighted by Crippen LogP contribution is 2.33. The highest BCUT2D eigenvalue weighted by atomic mass is 32.1. The number of rotatable bonds is 3. The summed E-state index contributed by atoms with van der Waals surface area (Å²) in [5.74, 6) is 0.830. The van der Waals surface area contributed by atoms with Gasteiger partial charge in [0.2, 0.25) is 0 Å². The summed E-state index contributed by atoms with van der Waals surface area (Å²) in [5.41, 5.74) is 3.29. The first-order valence-electron chi connectivity index (χ1n) is 7.68. The van der Waals surface area contributed by atoms with Gasteiger partial charge in [-0.15, -0.1) is 11.3 Å². The third kappa shape index (κ3) is 2.93. The highest BCUT2D eigenvalue weighted by molar-refractivity contribution is 7.21. The second kappa shape index (κ2) is 6.30. The molecule has 0 radical (unpaired) electrons. The monoisotopic (exact) mass is 343 g/mol. The Hall–Kier alpha value is -3.30. The highest BCUT2D eigenvalue weighted by Gasteiger charge is 2.08. The standard InChI is InChI=1S/C19H13N5S/c1-21-18-7-4-13(10-23-18)16-6-3-12-8-17(25-19(12)24-16)14-2-5-15(9-20)22-11-14/h2-8,10-11H,1H3,(H,21,23). The van der Waals surface area contributed by atoms with Gasteiger partial charge in [0, 0.05) is 40.8 Å². The molecule has 1 N–H and O–H groups in total. The number of aromatic nitrogens is 3. The van der Waals surface area contributed by atoms with Crippen LogP contribution in [0.25, 0.3) is 31.9 Å². The number of anilines is 1. The van der Waals surface area contributed by atoms with Crippen molar-refractivity contribution in [2.75, 3.05) is 12.4 Å². The zero-order chi connectivity index (χ0) is 17.2. The van der Waals surface area contributed by atoms with Crippen molar-refractivity contribution in [3.63, 3.8) is 0 Å². The van der Waals surface area contributed by atoms with Crippen molar-refractivity contribution in [2.24, 2.45) is 0 Å². The summed E-state index contributed by atoms with van der Waals surface area (Å²) >= 11 is 1.61.